The number of anilines is 1. The molecule has 0 bridgehead atoms. The van der Waals surface area contributed by atoms with Gasteiger partial charge in [-0.15, -0.1) is 0 Å². The lowest BCUT2D eigenvalue weighted by Gasteiger charge is -2.26. The second kappa shape index (κ2) is 8.46. The first kappa shape index (κ1) is 19.8. The molecule has 29 heavy (non-hydrogen) atoms. The molecule has 0 saturated carbocycles. The minimum absolute atomic E-state index is 0.341. The van der Waals surface area contributed by atoms with Crippen molar-refractivity contribution < 1.29 is 14.3 Å². The molecule has 0 fully saturated rings. The highest BCUT2D eigenvalue weighted by Gasteiger charge is 2.25. The van der Waals surface area contributed by atoms with Gasteiger partial charge in [0.1, 0.15) is 0 Å². The number of nitrogens with zero attached hydrogens (tertiary/aromatic N) is 2. The van der Waals surface area contributed by atoms with E-state index in [0.29, 0.717) is 17.8 Å². The van der Waals surface area contributed by atoms with Crippen LogP contribution < -0.4 is 5.32 Å². The summed E-state index contributed by atoms with van der Waals surface area (Å²) in [5.41, 5.74) is 3.77. The number of para-hydroxylation sites is 1. The van der Waals surface area contributed by atoms with Gasteiger partial charge in [0.2, 0.25) is 0 Å². The van der Waals surface area contributed by atoms with Gasteiger partial charge in [-0.05, 0) is 60.0 Å². The smallest absolute Gasteiger partial charge is 0.339 e. The average Bonchev–Trinajstić information content (AvgIpc) is 2.72. The largest absolute Gasteiger partial charge is 0.452 e. The molecule has 2 heterocycles. The first-order valence-corrected chi connectivity index (χ1v) is 10.4. The van der Waals surface area contributed by atoms with Crippen LogP contribution in [-0.4, -0.2) is 42.0 Å². The summed E-state index contributed by atoms with van der Waals surface area (Å²) in [7, 11) is 2.02. The molecule has 1 aliphatic heterocycles. The van der Waals surface area contributed by atoms with Gasteiger partial charge in [0.05, 0.1) is 11.1 Å². The zero-order valence-electron chi connectivity index (χ0n) is 15.9. The van der Waals surface area contributed by atoms with E-state index in [9.17, 15) is 9.59 Å². The molecule has 1 amide bonds. The van der Waals surface area contributed by atoms with Gasteiger partial charge in [0.25, 0.3) is 5.91 Å². The third-order valence-electron chi connectivity index (χ3n) is 4.90. The van der Waals surface area contributed by atoms with Crippen molar-refractivity contribution in [3.63, 3.8) is 0 Å². The molecule has 1 aromatic heterocycles. The number of esters is 1. The topological polar surface area (TPSA) is 71.5 Å². The van der Waals surface area contributed by atoms with E-state index in [4.69, 9.17) is 9.72 Å². The number of halogens is 1. The van der Waals surface area contributed by atoms with E-state index in [0.717, 1.165) is 38.7 Å². The van der Waals surface area contributed by atoms with Crippen molar-refractivity contribution in [1.82, 2.24) is 9.88 Å². The molecule has 148 valence electrons. The van der Waals surface area contributed by atoms with Crippen molar-refractivity contribution >= 4 is 51.1 Å². The van der Waals surface area contributed by atoms with Crippen LogP contribution in [0, 0.1) is 3.57 Å². The zero-order valence-corrected chi connectivity index (χ0v) is 18.1. The van der Waals surface area contributed by atoms with Crippen LogP contribution in [0.25, 0.3) is 10.9 Å². The maximum absolute atomic E-state index is 13.0. The molecule has 0 aliphatic carbocycles. The monoisotopic (exact) mass is 501 g/mol. The number of likely N-dealkylation sites (N-methyl/N-ethyl adjacent to an activating group) is 1. The van der Waals surface area contributed by atoms with E-state index >= 15 is 0 Å². The maximum Gasteiger partial charge on any atom is 0.339 e. The summed E-state index contributed by atoms with van der Waals surface area (Å²) < 4.78 is 6.47. The van der Waals surface area contributed by atoms with Gasteiger partial charge in [0.15, 0.2) is 6.61 Å². The number of carbonyl (C=O) groups excluding carboxylic acids is 2. The predicted molar refractivity (Wildman–Crippen MR) is 120 cm³/mol. The van der Waals surface area contributed by atoms with Crippen LogP contribution in [0.1, 0.15) is 21.6 Å². The van der Waals surface area contributed by atoms with Gasteiger partial charge in [-0.2, -0.15) is 0 Å². The molecular weight excluding hydrogens is 481 g/mol. The second-order valence-electron chi connectivity index (χ2n) is 7.05. The Hall–Kier alpha value is -2.52. The molecule has 0 unspecified atom stereocenters. The molecule has 0 radical (unpaired) electrons. The van der Waals surface area contributed by atoms with Crippen LogP contribution in [0.5, 0.6) is 0 Å². The molecule has 4 rings (SSSR count). The van der Waals surface area contributed by atoms with Gasteiger partial charge in [0, 0.05) is 45.4 Å². The Bertz CT molecular complexity index is 1080. The highest BCUT2D eigenvalue weighted by atomic mass is 127. The Morgan fingerprint density at radius 3 is 2.72 bits per heavy atom. The van der Waals surface area contributed by atoms with E-state index in [1.165, 1.54) is 0 Å². The van der Waals surface area contributed by atoms with E-state index in [2.05, 4.69) is 32.8 Å². The van der Waals surface area contributed by atoms with Crippen LogP contribution >= 0.6 is 22.6 Å². The average molecular weight is 501 g/mol. The minimum atomic E-state index is -0.493. The predicted octanol–water partition coefficient (Wildman–Crippen LogP) is 3.62. The number of hydrogen-bond donors (Lipinski definition) is 1. The number of fused-ring (bicyclic) bond motifs is 2. The quantitative estimate of drug-likeness (QED) is 0.437. The molecule has 2 aromatic carbocycles. The maximum atomic E-state index is 13.0. The van der Waals surface area contributed by atoms with Gasteiger partial charge in [-0.1, -0.05) is 18.2 Å². The molecule has 0 atom stereocenters. The zero-order chi connectivity index (χ0) is 20.4. The van der Waals surface area contributed by atoms with Gasteiger partial charge >= 0.3 is 5.97 Å². The van der Waals surface area contributed by atoms with Crippen molar-refractivity contribution in [2.24, 2.45) is 0 Å². The number of hydrogen-bond acceptors (Lipinski definition) is 5. The molecule has 1 N–H and O–H groups in total. The lowest BCUT2D eigenvalue weighted by Crippen LogP contribution is -2.30. The van der Waals surface area contributed by atoms with Crippen molar-refractivity contribution in [2.45, 2.75) is 13.0 Å². The summed E-state index contributed by atoms with van der Waals surface area (Å²) in [6.45, 7) is 1.18. The van der Waals surface area contributed by atoms with Crippen LogP contribution in [-0.2, 0) is 22.5 Å². The molecule has 7 heteroatoms. The first-order valence-electron chi connectivity index (χ1n) is 9.33. The Morgan fingerprint density at radius 1 is 1.17 bits per heavy atom. The fourth-order valence-corrected chi connectivity index (χ4v) is 3.85. The summed E-state index contributed by atoms with van der Waals surface area (Å²) in [5.74, 6) is -0.864. The van der Waals surface area contributed by atoms with Crippen LogP contribution in [0.4, 0.5) is 5.69 Å². The summed E-state index contributed by atoms with van der Waals surface area (Å²) in [6.07, 6.45) is 0.782. The normalized spacial score (nSPS) is 13.7. The molecule has 6 nitrogen and oxygen atoms in total. The molecule has 3 aromatic rings. The fourth-order valence-electron chi connectivity index (χ4n) is 3.49. The van der Waals surface area contributed by atoms with Crippen molar-refractivity contribution in [1.29, 1.82) is 0 Å². The minimum Gasteiger partial charge on any atom is -0.452 e. The Morgan fingerprint density at radius 2 is 1.93 bits per heavy atom. The van der Waals surface area contributed by atoms with E-state index in [1.807, 2.05) is 55.6 Å². The highest BCUT2D eigenvalue weighted by molar-refractivity contribution is 14.1. The number of aromatic nitrogens is 1. The Kier molecular flexibility index (Phi) is 5.77. The van der Waals surface area contributed by atoms with Crippen LogP contribution in [0.3, 0.4) is 0 Å². The van der Waals surface area contributed by atoms with Crippen molar-refractivity contribution in [3.05, 3.63) is 68.9 Å². The van der Waals surface area contributed by atoms with Crippen molar-refractivity contribution in [3.8, 4) is 0 Å². The van der Waals surface area contributed by atoms with Gasteiger partial charge in [-0.3, -0.25) is 9.78 Å². The summed E-state index contributed by atoms with van der Waals surface area (Å²) in [5, 5.41) is 3.50. The van der Waals surface area contributed by atoms with E-state index < -0.39 is 5.97 Å². The fraction of sp³-hybridized carbons (Fsp3) is 0.227. The summed E-state index contributed by atoms with van der Waals surface area (Å²) >= 11 is 2.20. The van der Waals surface area contributed by atoms with Crippen LogP contribution in [0.15, 0.2) is 48.5 Å². The van der Waals surface area contributed by atoms with Gasteiger partial charge < -0.3 is 15.0 Å². The Labute approximate surface area is 182 Å². The second-order valence-corrected chi connectivity index (χ2v) is 8.29. The van der Waals surface area contributed by atoms with E-state index in [1.54, 1.807) is 0 Å². The molecular formula is C22H20IN3O3. The third kappa shape index (κ3) is 4.40. The number of amides is 1. The number of pyridine rings is 1. The number of benzene rings is 2. The third-order valence-corrected chi connectivity index (χ3v) is 5.62. The first-order chi connectivity index (χ1) is 14.0. The molecule has 0 spiro atoms. The van der Waals surface area contributed by atoms with Gasteiger partial charge in [-0.25, -0.2) is 4.79 Å². The number of rotatable bonds is 4. The number of ether oxygens (including phenoxy) is 1. The standard InChI is InChI=1S/C22H20IN3O3/c1-26-11-10-19-17(12-26)21(16-4-2-3-5-18(16)25-19)22(28)29-13-20(27)24-15-8-6-14(23)7-9-15/h2-9H,10-13H2,1H3,(H,24,27). The Balaban J connectivity index is 1.55. The number of carbonyl (C=O) groups is 2. The number of nitrogens with one attached hydrogen (secondary N) is 1. The summed E-state index contributed by atoms with van der Waals surface area (Å²) in [6, 6.07) is 15.0. The highest BCUT2D eigenvalue weighted by Crippen LogP contribution is 2.28. The molecule has 0 saturated heterocycles. The van der Waals surface area contributed by atoms with E-state index in [-0.39, 0.29) is 12.5 Å². The lowest BCUT2D eigenvalue weighted by molar-refractivity contribution is -0.119. The van der Waals surface area contributed by atoms with Crippen LogP contribution in [0.2, 0.25) is 0 Å². The van der Waals surface area contributed by atoms with Crippen molar-refractivity contribution in [2.75, 3.05) is 25.5 Å². The summed E-state index contributed by atoms with van der Waals surface area (Å²) in [4.78, 5) is 32.1. The lowest BCUT2D eigenvalue weighted by atomic mass is 9.96. The molecule has 1 aliphatic rings. The SMILES string of the molecule is CN1CCc2nc3ccccc3c(C(=O)OCC(=O)Nc3ccc(I)cc3)c2C1.